The Labute approximate surface area is 120 Å². The number of nitrogens with zero attached hydrogens (tertiary/aromatic N) is 2. The molecule has 0 saturated carbocycles. The van der Waals surface area contributed by atoms with Gasteiger partial charge in [0.25, 0.3) is 0 Å². The lowest BCUT2D eigenvalue weighted by Gasteiger charge is -2.18. The summed E-state index contributed by atoms with van der Waals surface area (Å²) in [5, 5.41) is 6.68. The molecule has 2 aromatic rings. The summed E-state index contributed by atoms with van der Waals surface area (Å²) in [4.78, 5) is 0. The quantitative estimate of drug-likeness (QED) is 0.875. The molecule has 110 valence electrons. The molecule has 3 nitrogen and oxygen atoms in total. The summed E-state index contributed by atoms with van der Waals surface area (Å²) in [6, 6.07) is 9.53. The smallest absolute Gasteiger partial charge is 0.308 e. The van der Waals surface area contributed by atoms with Gasteiger partial charge in [0.05, 0.1) is 5.69 Å². The molecule has 2 heterocycles. The van der Waals surface area contributed by atoms with E-state index < -0.39 is 11.9 Å². The monoisotopic (exact) mass is 293 g/mol. The first-order chi connectivity index (χ1) is 9.97. The molecular formula is C15H14F3N3. The van der Waals surface area contributed by atoms with Crippen molar-refractivity contribution >= 4 is 11.6 Å². The predicted octanol–water partition coefficient (Wildman–Crippen LogP) is 3.08. The molecule has 0 fully saturated rings. The highest BCUT2D eigenvalue weighted by molar-refractivity contribution is 5.83. The third-order valence-electron chi connectivity index (χ3n) is 3.48. The van der Waals surface area contributed by atoms with E-state index in [1.165, 1.54) is 4.68 Å². The molecule has 0 unspecified atom stereocenters. The SMILES string of the molecule is Cn1nc(C(F)(F)F)c2c1/C(=C/c1ccccc1)CNC2. The van der Waals surface area contributed by atoms with Crippen LogP contribution in [0.2, 0.25) is 0 Å². The highest BCUT2D eigenvalue weighted by Gasteiger charge is 2.39. The van der Waals surface area contributed by atoms with Crippen LogP contribution in [-0.2, 0) is 19.8 Å². The zero-order valence-corrected chi connectivity index (χ0v) is 11.4. The first kappa shape index (κ1) is 13.9. The lowest BCUT2D eigenvalue weighted by Crippen LogP contribution is -2.25. The summed E-state index contributed by atoms with van der Waals surface area (Å²) in [7, 11) is 1.55. The Balaban J connectivity index is 2.11. The molecule has 0 atom stereocenters. The molecule has 3 rings (SSSR count). The minimum Gasteiger partial charge on any atom is -0.308 e. The van der Waals surface area contributed by atoms with Crippen LogP contribution in [0.4, 0.5) is 13.2 Å². The van der Waals surface area contributed by atoms with Gasteiger partial charge in [0.2, 0.25) is 0 Å². The average molecular weight is 293 g/mol. The van der Waals surface area contributed by atoms with Crippen LogP contribution in [0, 0.1) is 0 Å². The maximum Gasteiger partial charge on any atom is 0.435 e. The number of nitrogens with one attached hydrogen (secondary N) is 1. The molecule has 1 N–H and O–H groups in total. The molecule has 21 heavy (non-hydrogen) atoms. The molecule has 1 aliphatic heterocycles. The third-order valence-corrected chi connectivity index (χ3v) is 3.48. The van der Waals surface area contributed by atoms with Crippen molar-refractivity contribution in [3.63, 3.8) is 0 Å². The van der Waals surface area contributed by atoms with Crippen LogP contribution in [0.1, 0.15) is 22.5 Å². The highest BCUT2D eigenvalue weighted by Crippen LogP contribution is 2.36. The normalized spacial score (nSPS) is 17.0. The summed E-state index contributed by atoms with van der Waals surface area (Å²) < 4.78 is 40.4. The molecule has 0 aliphatic carbocycles. The molecule has 0 radical (unpaired) electrons. The van der Waals surface area contributed by atoms with Crippen LogP contribution >= 0.6 is 0 Å². The van der Waals surface area contributed by atoms with E-state index in [0.717, 1.165) is 11.1 Å². The number of hydrogen-bond acceptors (Lipinski definition) is 2. The van der Waals surface area contributed by atoms with Crippen molar-refractivity contribution in [3.05, 3.63) is 52.8 Å². The summed E-state index contributed by atoms with van der Waals surface area (Å²) in [5.74, 6) is 0. The Morgan fingerprint density at radius 2 is 1.90 bits per heavy atom. The van der Waals surface area contributed by atoms with Gasteiger partial charge in [-0.15, -0.1) is 0 Å². The summed E-state index contributed by atoms with van der Waals surface area (Å²) >= 11 is 0. The van der Waals surface area contributed by atoms with Gasteiger partial charge in [-0.2, -0.15) is 18.3 Å². The fourth-order valence-corrected chi connectivity index (χ4v) is 2.64. The number of benzene rings is 1. The molecule has 0 saturated heterocycles. The molecule has 0 amide bonds. The minimum atomic E-state index is -4.43. The number of rotatable bonds is 1. The third kappa shape index (κ3) is 2.58. The largest absolute Gasteiger partial charge is 0.435 e. The second kappa shape index (κ2) is 5.04. The molecule has 1 aromatic carbocycles. The van der Waals surface area contributed by atoms with Crippen LogP contribution in [-0.4, -0.2) is 16.3 Å². The Kier molecular flexibility index (Phi) is 3.33. The van der Waals surface area contributed by atoms with Crippen molar-refractivity contribution in [1.82, 2.24) is 15.1 Å². The lowest BCUT2D eigenvalue weighted by atomic mass is 9.99. The van der Waals surface area contributed by atoms with E-state index in [4.69, 9.17) is 0 Å². The van der Waals surface area contributed by atoms with Crippen molar-refractivity contribution in [2.24, 2.45) is 7.05 Å². The number of aromatic nitrogens is 2. The van der Waals surface area contributed by atoms with E-state index in [9.17, 15) is 13.2 Å². The van der Waals surface area contributed by atoms with Crippen LogP contribution in [0.5, 0.6) is 0 Å². The standard InChI is InChI=1S/C15H14F3N3/c1-21-13-11(7-10-5-3-2-4-6-10)8-19-9-12(13)14(20-21)15(16,17)18/h2-7,19H,8-9H2,1H3/b11-7+. The highest BCUT2D eigenvalue weighted by atomic mass is 19.4. The van der Waals surface area contributed by atoms with E-state index in [1.807, 2.05) is 36.4 Å². The topological polar surface area (TPSA) is 29.9 Å². The number of halogens is 3. The van der Waals surface area contributed by atoms with Gasteiger partial charge in [0.15, 0.2) is 5.69 Å². The second-order valence-electron chi connectivity index (χ2n) is 4.98. The predicted molar refractivity (Wildman–Crippen MR) is 74.2 cm³/mol. The van der Waals surface area contributed by atoms with Crippen molar-refractivity contribution < 1.29 is 13.2 Å². The lowest BCUT2D eigenvalue weighted by molar-refractivity contribution is -0.142. The van der Waals surface area contributed by atoms with Crippen LogP contribution in [0.15, 0.2) is 30.3 Å². The molecular weight excluding hydrogens is 279 g/mol. The number of hydrogen-bond donors (Lipinski definition) is 1. The number of fused-ring (bicyclic) bond motifs is 1. The van der Waals surface area contributed by atoms with Gasteiger partial charge in [-0.25, -0.2) is 0 Å². The Morgan fingerprint density at radius 1 is 1.19 bits per heavy atom. The molecule has 1 aliphatic rings. The Morgan fingerprint density at radius 3 is 2.57 bits per heavy atom. The molecule has 0 bridgehead atoms. The van der Waals surface area contributed by atoms with Gasteiger partial charge < -0.3 is 5.32 Å². The number of alkyl halides is 3. The molecule has 0 spiro atoms. The molecule has 1 aromatic heterocycles. The van der Waals surface area contributed by atoms with Crippen molar-refractivity contribution in [1.29, 1.82) is 0 Å². The van der Waals surface area contributed by atoms with E-state index in [1.54, 1.807) is 7.05 Å². The van der Waals surface area contributed by atoms with Crippen molar-refractivity contribution in [2.45, 2.75) is 12.7 Å². The van der Waals surface area contributed by atoms with Gasteiger partial charge >= 0.3 is 6.18 Å². The van der Waals surface area contributed by atoms with E-state index in [2.05, 4.69) is 10.4 Å². The Hall–Kier alpha value is -2.08. The number of aryl methyl sites for hydroxylation is 1. The zero-order valence-electron chi connectivity index (χ0n) is 11.4. The maximum absolute atomic E-state index is 13.0. The van der Waals surface area contributed by atoms with E-state index in [-0.39, 0.29) is 12.1 Å². The first-order valence-electron chi connectivity index (χ1n) is 6.56. The van der Waals surface area contributed by atoms with Crippen LogP contribution in [0.25, 0.3) is 11.6 Å². The maximum atomic E-state index is 13.0. The average Bonchev–Trinajstić information content (AvgIpc) is 2.79. The van der Waals surface area contributed by atoms with Gasteiger partial charge in [0.1, 0.15) is 0 Å². The van der Waals surface area contributed by atoms with Gasteiger partial charge in [-0.3, -0.25) is 4.68 Å². The Bertz CT molecular complexity index is 684. The summed E-state index contributed by atoms with van der Waals surface area (Å²) in [6.45, 7) is 0.711. The molecule has 6 heteroatoms. The fraction of sp³-hybridized carbons (Fsp3) is 0.267. The van der Waals surface area contributed by atoms with Gasteiger partial charge in [0, 0.05) is 25.7 Å². The van der Waals surface area contributed by atoms with E-state index >= 15 is 0 Å². The zero-order chi connectivity index (χ0) is 15.0. The minimum absolute atomic E-state index is 0.185. The van der Waals surface area contributed by atoms with Gasteiger partial charge in [-0.1, -0.05) is 30.3 Å². The first-order valence-corrected chi connectivity index (χ1v) is 6.56. The van der Waals surface area contributed by atoms with Crippen LogP contribution < -0.4 is 5.32 Å². The van der Waals surface area contributed by atoms with Crippen molar-refractivity contribution in [3.8, 4) is 0 Å². The van der Waals surface area contributed by atoms with Crippen LogP contribution in [0.3, 0.4) is 0 Å². The summed E-state index contributed by atoms with van der Waals surface area (Å²) in [5.41, 5.74) is 1.75. The van der Waals surface area contributed by atoms with E-state index in [0.29, 0.717) is 12.2 Å². The fourth-order valence-electron chi connectivity index (χ4n) is 2.64. The second-order valence-corrected chi connectivity index (χ2v) is 4.98. The van der Waals surface area contributed by atoms with Crippen molar-refractivity contribution in [2.75, 3.05) is 6.54 Å². The van der Waals surface area contributed by atoms with Gasteiger partial charge in [-0.05, 0) is 17.2 Å². The summed E-state index contributed by atoms with van der Waals surface area (Å²) in [6.07, 6.45) is -2.53.